The highest BCUT2D eigenvalue weighted by atomic mass is 16.6. The smallest absolute Gasteiger partial charge is 0.408 e. The van der Waals surface area contributed by atoms with Crippen LogP contribution in [0.2, 0.25) is 0 Å². The van der Waals surface area contributed by atoms with Crippen LogP contribution in [-0.4, -0.2) is 43.3 Å². The minimum atomic E-state index is -0.650. The Morgan fingerprint density at radius 1 is 1.04 bits per heavy atom. The van der Waals surface area contributed by atoms with Gasteiger partial charge in [-0.2, -0.15) is 0 Å². The fourth-order valence-corrected chi connectivity index (χ4v) is 1.88. The first-order valence-electron chi connectivity index (χ1n) is 7.78. The summed E-state index contributed by atoms with van der Waals surface area (Å²) in [5.41, 5.74) is -0.665. The minimum Gasteiger partial charge on any atom is -0.497 e. The number of carbonyl (C=O) groups is 2. The molecule has 6 heteroatoms. The zero-order valence-corrected chi connectivity index (χ0v) is 15.3. The summed E-state index contributed by atoms with van der Waals surface area (Å²) in [5, 5.41) is 2.73. The van der Waals surface area contributed by atoms with Crippen LogP contribution in [0.5, 0.6) is 5.75 Å². The van der Waals surface area contributed by atoms with Crippen molar-refractivity contribution in [3.63, 3.8) is 0 Å². The van der Waals surface area contributed by atoms with E-state index in [1.807, 2.05) is 0 Å². The van der Waals surface area contributed by atoms with E-state index in [0.29, 0.717) is 11.3 Å². The van der Waals surface area contributed by atoms with Crippen molar-refractivity contribution in [1.29, 1.82) is 0 Å². The second-order valence-corrected chi connectivity index (χ2v) is 7.16. The Morgan fingerprint density at radius 3 is 2.12 bits per heavy atom. The van der Waals surface area contributed by atoms with Crippen LogP contribution >= 0.6 is 0 Å². The SMILES string of the molecule is COc1ccc(C(=O)COCC(C)(C)NC(=O)OC(C)(C)C)cc1. The van der Waals surface area contributed by atoms with E-state index in [2.05, 4.69) is 5.32 Å². The van der Waals surface area contributed by atoms with Gasteiger partial charge in [-0.1, -0.05) is 0 Å². The normalized spacial score (nSPS) is 11.8. The van der Waals surface area contributed by atoms with Gasteiger partial charge in [0.05, 0.1) is 19.3 Å². The third-order valence-electron chi connectivity index (χ3n) is 2.95. The van der Waals surface area contributed by atoms with Crippen LogP contribution in [0.15, 0.2) is 24.3 Å². The van der Waals surface area contributed by atoms with Crippen LogP contribution in [0.3, 0.4) is 0 Å². The van der Waals surface area contributed by atoms with Gasteiger partial charge in [-0.3, -0.25) is 4.79 Å². The van der Waals surface area contributed by atoms with E-state index in [-0.39, 0.29) is 19.0 Å². The van der Waals surface area contributed by atoms with E-state index in [1.54, 1.807) is 66.0 Å². The molecule has 1 rings (SSSR count). The number of hydrogen-bond acceptors (Lipinski definition) is 5. The van der Waals surface area contributed by atoms with Crippen molar-refractivity contribution < 1.29 is 23.8 Å². The molecule has 0 unspecified atom stereocenters. The molecule has 0 spiro atoms. The van der Waals surface area contributed by atoms with E-state index >= 15 is 0 Å². The molecule has 0 bridgehead atoms. The molecule has 0 aliphatic carbocycles. The van der Waals surface area contributed by atoms with Crippen molar-refractivity contribution in [3.8, 4) is 5.75 Å². The Labute approximate surface area is 143 Å². The summed E-state index contributed by atoms with van der Waals surface area (Å²) < 4.78 is 15.7. The summed E-state index contributed by atoms with van der Waals surface area (Å²) in [6, 6.07) is 6.83. The highest BCUT2D eigenvalue weighted by molar-refractivity contribution is 5.97. The van der Waals surface area contributed by atoms with Gasteiger partial charge < -0.3 is 19.5 Å². The molecule has 1 aromatic rings. The minimum absolute atomic E-state index is 0.0637. The van der Waals surface area contributed by atoms with E-state index < -0.39 is 17.2 Å². The molecule has 134 valence electrons. The maximum atomic E-state index is 12.1. The number of ether oxygens (including phenoxy) is 3. The summed E-state index contributed by atoms with van der Waals surface area (Å²) in [6.07, 6.45) is -0.516. The number of nitrogens with one attached hydrogen (secondary N) is 1. The van der Waals surface area contributed by atoms with Gasteiger partial charge in [-0.25, -0.2) is 4.79 Å². The maximum absolute atomic E-state index is 12.1. The van der Waals surface area contributed by atoms with E-state index in [0.717, 1.165) is 0 Å². The van der Waals surface area contributed by atoms with Crippen LogP contribution in [0.1, 0.15) is 45.0 Å². The zero-order valence-electron chi connectivity index (χ0n) is 15.3. The lowest BCUT2D eigenvalue weighted by Crippen LogP contribution is -2.49. The monoisotopic (exact) mass is 337 g/mol. The maximum Gasteiger partial charge on any atom is 0.408 e. The molecular formula is C18H27NO5. The number of benzene rings is 1. The van der Waals surface area contributed by atoms with Crippen molar-refractivity contribution in [3.05, 3.63) is 29.8 Å². The largest absolute Gasteiger partial charge is 0.497 e. The molecule has 0 atom stereocenters. The Hall–Kier alpha value is -2.08. The fraction of sp³-hybridized carbons (Fsp3) is 0.556. The van der Waals surface area contributed by atoms with Crippen LogP contribution < -0.4 is 10.1 Å². The predicted molar refractivity (Wildman–Crippen MR) is 91.6 cm³/mol. The molecule has 0 heterocycles. The molecule has 0 saturated heterocycles. The third-order valence-corrected chi connectivity index (χ3v) is 2.95. The molecule has 0 aliphatic rings. The van der Waals surface area contributed by atoms with Crippen LogP contribution in [0.25, 0.3) is 0 Å². The van der Waals surface area contributed by atoms with E-state index in [4.69, 9.17) is 14.2 Å². The van der Waals surface area contributed by atoms with Crippen molar-refractivity contribution in [2.24, 2.45) is 0 Å². The van der Waals surface area contributed by atoms with Gasteiger partial charge in [0.2, 0.25) is 0 Å². The first-order valence-corrected chi connectivity index (χ1v) is 7.78. The van der Waals surface area contributed by atoms with Crippen LogP contribution in [0, 0.1) is 0 Å². The number of ketones is 1. The summed E-state index contributed by atoms with van der Waals surface area (Å²) in [4.78, 5) is 23.8. The molecule has 0 saturated carbocycles. The summed E-state index contributed by atoms with van der Waals surface area (Å²) >= 11 is 0. The average molecular weight is 337 g/mol. The van der Waals surface area contributed by atoms with Crippen LogP contribution in [-0.2, 0) is 9.47 Å². The zero-order chi connectivity index (χ0) is 18.4. The van der Waals surface area contributed by atoms with Crippen molar-refractivity contribution >= 4 is 11.9 Å². The summed E-state index contributed by atoms with van der Waals surface area (Å²) in [7, 11) is 1.57. The second-order valence-electron chi connectivity index (χ2n) is 7.16. The molecular weight excluding hydrogens is 310 g/mol. The van der Waals surface area contributed by atoms with Gasteiger partial charge in [-0.15, -0.1) is 0 Å². The molecule has 1 amide bonds. The first kappa shape index (κ1) is 20.0. The Bertz CT molecular complexity index is 558. The van der Waals surface area contributed by atoms with Gasteiger partial charge in [0, 0.05) is 5.56 Å². The highest BCUT2D eigenvalue weighted by Gasteiger charge is 2.25. The number of methoxy groups -OCH3 is 1. The van der Waals surface area contributed by atoms with E-state index in [1.165, 1.54) is 0 Å². The van der Waals surface area contributed by atoms with Gasteiger partial charge in [-0.05, 0) is 58.9 Å². The third kappa shape index (κ3) is 7.46. The Kier molecular flexibility index (Phi) is 6.78. The van der Waals surface area contributed by atoms with Crippen molar-refractivity contribution in [2.45, 2.75) is 45.8 Å². The molecule has 0 aliphatic heterocycles. The standard InChI is InChI=1S/C18H27NO5/c1-17(2,3)24-16(21)19-18(4,5)12-23-11-15(20)13-7-9-14(22-6)10-8-13/h7-10H,11-12H2,1-6H3,(H,19,21). The second kappa shape index (κ2) is 8.15. The molecule has 1 aromatic carbocycles. The van der Waals surface area contributed by atoms with Crippen molar-refractivity contribution in [1.82, 2.24) is 5.32 Å². The Morgan fingerprint density at radius 2 is 1.62 bits per heavy atom. The lowest BCUT2D eigenvalue weighted by Gasteiger charge is -2.28. The number of hydrogen-bond donors (Lipinski definition) is 1. The van der Waals surface area contributed by atoms with Gasteiger partial charge >= 0.3 is 6.09 Å². The quantitative estimate of drug-likeness (QED) is 0.774. The first-order chi connectivity index (χ1) is 11.0. The molecule has 1 N–H and O–H groups in total. The average Bonchev–Trinajstić information content (AvgIpc) is 2.44. The number of amides is 1. The number of rotatable bonds is 7. The number of Topliss-reactive ketones (excluding diaryl/α,β-unsaturated/α-hetero) is 1. The number of carbonyl (C=O) groups excluding carboxylic acids is 2. The van der Waals surface area contributed by atoms with Gasteiger partial charge in [0.15, 0.2) is 5.78 Å². The predicted octanol–water partition coefficient (Wildman–Crippen LogP) is 3.20. The summed E-state index contributed by atoms with van der Waals surface area (Å²) in [5.74, 6) is 0.556. The fourth-order valence-electron chi connectivity index (χ4n) is 1.88. The summed E-state index contributed by atoms with van der Waals surface area (Å²) in [6.45, 7) is 9.11. The Balaban J connectivity index is 2.44. The number of alkyl carbamates (subject to hydrolysis) is 1. The van der Waals surface area contributed by atoms with Crippen LogP contribution in [0.4, 0.5) is 4.79 Å². The van der Waals surface area contributed by atoms with E-state index in [9.17, 15) is 9.59 Å². The lowest BCUT2D eigenvalue weighted by atomic mass is 10.1. The molecule has 0 fully saturated rings. The van der Waals surface area contributed by atoms with Gasteiger partial charge in [0.25, 0.3) is 0 Å². The molecule has 24 heavy (non-hydrogen) atoms. The van der Waals surface area contributed by atoms with Crippen molar-refractivity contribution in [2.75, 3.05) is 20.3 Å². The lowest BCUT2D eigenvalue weighted by molar-refractivity contribution is 0.0349. The molecule has 0 aromatic heterocycles. The molecule has 0 radical (unpaired) electrons. The highest BCUT2D eigenvalue weighted by Crippen LogP contribution is 2.13. The topological polar surface area (TPSA) is 73.9 Å². The molecule has 6 nitrogen and oxygen atoms in total. The van der Waals surface area contributed by atoms with Gasteiger partial charge in [0.1, 0.15) is 18.0 Å².